The molecule has 0 aliphatic carbocycles. The molecule has 3 saturated heterocycles. The number of Topliss-reactive ketones (excluding diaryl/α,β-unsaturated/α-hetero) is 1. The number of ketones is 1. The number of ether oxygens (including phenoxy) is 1. The van der Waals surface area contributed by atoms with E-state index in [0.29, 0.717) is 51.7 Å². The van der Waals surface area contributed by atoms with Gasteiger partial charge in [-0.05, 0) is 74.1 Å². The molecule has 6 atom stereocenters. The number of hydrogen-bond acceptors (Lipinski definition) is 9. The van der Waals surface area contributed by atoms with Gasteiger partial charge < -0.3 is 31.7 Å². The third-order valence-corrected chi connectivity index (χ3v) is 10.9. The molecule has 0 aromatic heterocycles. The van der Waals surface area contributed by atoms with Crippen molar-refractivity contribution in [2.24, 2.45) is 23.3 Å². The summed E-state index contributed by atoms with van der Waals surface area (Å²) in [6.07, 6.45) is 3.48. The van der Waals surface area contributed by atoms with Crippen molar-refractivity contribution in [3.05, 3.63) is 108 Å². The van der Waals surface area contributed by atoms with Gasteiger partial charge in [-0.1, -0.05) is 105 Å². The number of nitrogens with one attached hydrogen (secondary N) is 2. The molecular weight excluding hydrogens is 721 g/mol. The predicted molar refractivity (Wildman–Crippen MR) is 219 cm³/mol. The van der Waals surface area contributed by atoms with E-state index in [1.54, 1.807) is 0 Å². The summed E-state index contributed by atoms with van der Waals surface area (Å²) in [6, 6.07) is 25.7. The summed E-state index contributed by atoms with van der Waals surface area (Å²) in [5.74, 6) is -2.16. The summed E-state index contributed by atoms with van der Waals surface area (Å²) in [5, 5.41) is 5.97. The molecule has 3 aliphatic heterocycles. The Kier molecular flexibility index (Phi) is 16.4. The van der Waals surface area contributed by atoms with Gasteiger partial charge in [0, 0.05) is 37.5 Å². The molecule has 0 spiro atoms. The molecule has 2 bridgehead atoms. The number of unbranched alkanes of at least 4 members (excludes halogenated alkanes) is 1. The second kappa shape index (κ2) is 21.6. The summed E-state index contributed by atoms with van der Waals surface area (Å²) in [7, 11) is 0. The number of esters is 1. The van der Waals surface area contributed by atoms with Crippen molar-refractivity contribution in [3.63, 3.8) is 0 Å². The average Bonchev–Trinajstić information content (AvgIpc) is 3.20. The third kappa shape index (κ3) is 13.1. The first-order valence-corrected chi connectivity index (χ1v) is 20.4. The van der Waals surface area contributed by atoms with Gasteiger partial charge in [0.15, 0.2) is 5.78 Å². The predicted octanol–water partition coefficient (Wildman–Crippen LogP) is 3.55. The van der Waals surface area contributed by atoms with Gasteiger partial charge in [0.2, 0.25) is 17.7 Å². The third-order valence-electron chi connectivity index (χ3n) is 10.9. The molecular formula is C45H60N6O6. The van der Waals surface area contributed by atoms with Crippen LogP contribution < -0.4 is 22.1 Å². The maximum absolute atomic E-state index is 14.2. The normalized spacial score (nSPS) is 18.4. The molecule has 0 radical (unpaired) electrons. The number of carbonyl (C=O) groups excluding carboxylic acids is 5. The number of piperazine rings is 1. The van der Waals surface area contributed by atoms with E-state index in [0.717, 1.165) is 23.1 Å². The Labute approximate surface area is 337 Å². The smallest absolute Gasteiger partial charge is 0.320 e. The van der Waals surface area contributed by atoms with Crippen LogP contribution in [0.4, 0.5) is 0 Å². The van der Waals surface area contributed by atoms with Crippen LogP contribution in [-0.2, 0) is 48.2 Å². The maximum atomic E-state index is 14.2. The monoisotopic (exact) mass is 780 g/mol. The minimum absolute atomic E-state index is 0.0734. The van der Waals surface area contributed by atoms with Crippen LogP contribution in [0.2, 0.25) is 0 Å². The Bertz CT molecular complexity index is 1750. The van der Waals surface area contributed by atoms with Crippen LogP contribution in [0.15, 0.2) is 91.0 Å². The molecule has 12 heteroatoms. The van der Waals surface area contributed by atoms with E-state index in [9.17, 15) is 24.0 Å². The average molecular weight is 781 g/mol. The van der Waals surface area contributed by atoms with Gasteiger partial charge in [-0.15, -0.1) is 0 Å². The molecule has 6 rings (SSSR count). The molecule has 6 unspecified atom stereocenters. The van der Waals surface area contributed by atoms with Crippen LogP contribution >= 0.6 is 0 Å². The van der Waals surface area contributed by atoms with Crippen LogP contribution in [0.1, 0.15) is 69.1 Å². The summed E-state index contributed by atoms with van der Waals surface area (Å²) in [6.45, 7) is 5.89. The molecule has 3 fully saturated rings. The largest absolute Gasteiger partial charge is 0.460 e. The first-order chi connectivity index (χ1) is 27.5. The van der Waals surface area contributed by atoms with Gasteiger partial charge in [-0.25, -0.2) is 0 Å². The quantitative estimate of drug-likeness (QED) is 0.0878. The van der Waals surface area contributed by atoms with Crippen molar-refractivity contribution < 1.29 is 28.7 Å². The number of piperidine rings is 1. The standard InChI is InChI=1S/C45H60N6O6/c1-31(2)22-35(25-41(52)40(24-33-16-8-4-9-17-33)49-44(55)38(47)23-32-14-6-3-7-15-32)43(54)48-39(20-12-13-21-46)45(56)51-36-26-37(51)28-50(27-36)29-42(53)57-30-34-18-10-5-11-19-34/h3-11,14-19,31,35-40H,12-13,20-30,46-47H2,1-2H3,(H,48,54)(H,49,55). The Balaban J connectivity index is 1.22. The SMILES string of the molecule is CC(C)CC(CC(=O)C(Cc1ccccc1)NC(=O)C(N)Cc1ccccc1)C(=O)NC(CCCCN)C(=O)N1C2CC1CN(CC(=O)OCc1ccccc1)C2. The number of carbonyl (C=O) groups is 5. The first-order valence-electron chi connectivity index (χ1n) is 20.4. The van der Waals surface area contributed by atoms with E-state index < -0.39 is 30.0 Å². The number of fused-ring (bicyclic) bond motifs is 2. The lowest BCUT2D eigenvalue weighted by Gasteiger charge is -2.56. The fourth-order valence-electron chi connectivity index (χ4n) is 7.94. The number of rotatable bonds is 22. The van der Waals surface area contributed by atoms with Gasteiger partial charge in [0.05, 0.1) is 18.6 Å². The lowest BCUT2D eigenvalue weighted by molar-refractivity contribution is -0.161. The number of nitrogens with two attached hydrogens (primary N) is 2. The second-order valence-corrected chi connectivity index (χ2v) is 16.0. The van der Waals surface area contributed by atoms with Gasteiger partial charge >= 0.3 is 5.97 Å². The molecule has 3 aliphatic rings. The number of hydrogen-bond donors (Lipinski definition) is 4. The molecule has 3 aromatic rings. The molecule has 6 N–H and O–H groups in total. The fraction of sp³-hybridized carbons (Fsp3) is 0.489. The first kappa shape index (κ1) is 43.2. The van der Waals surface area contributed by atoms with E-state index in [-0.39, 0.29) is 67.6 Å². The van der Waals surface area contributed by atoms with Crippen molar-refractivity contribution in [3.8, 4) is 0 Å². The van der Waals surface area contributed by atoms with Crippen LogP contribution in [-0.4, -0.2) is 95.7 Å². The summed E-state index contributed by atoms with van der Waals surface area (Å²) >= 11 is 0. The number of amides is 3. The van der Waals surface area contributed by atoms with Gasteiger partial charge in [-0.3, -0.25) is 28.9 Å². The van der Waals surface area contributed by atoms with Crippen LogP contribution in [0.25, 0.3) is 0 Å². The Morgan fingerprint density at radius 3 is 1.89 bits per heavy atom. The van der Waals surface area contributed by atoms with Crippen molar-refractivity contribution in [1.82, 2.24) is 20.4 Å². The molecule has 3 amide bonds. The minimum Gasteiger partial charge on any atom is -0.460 e. The minimum atomic E-state index is -0.898. The van der Waals surface area contributed by atoms with Crippen molar-refractivity contribution in [2.45, 2.75) is 102 Å². The van der Waals surface area contributed by atoms with Crippen molar-refractivity contribution >= 4 is 29.5 Å². The highest BCUT2D eigenvalue weighted by Gasteiger charge is 2.49. The van der Waals surface area contributed by atoms with Crippen LogP contribution in [0.5, 0.6) is 0 Å². The Morgan fingerprint density at radius 1 is 0.754 bits per heavy atom. The van der Waals surface area contributed by atoms with E-state index in [2.05, 4.69) is 10.6 Å². The Hall–Kier alpha value is -4.91. The molecule has 306 valence electrons. The van der Waals surface area contributed by atoms with E-state index in [4.69, 9.17) is 16.2 Å². The van der Waals surface area contributed by atoms with Crippen LogP contribution in [0.3, 0.4) is 0 Å². The van der Waals surface area contributed by atoms with Crippen LogP contribution in [0, 0.1) is 11.8 Å². The maximum Gasteiger partial charge on any atom is 0.320 e. The van der Waals surface area contributed by atoms with E-state index >= 15 is 0 Å². The van der Waals surface area contributed by atoms with Gasteiger partial charge in [0.1, 0.15) is 12.6 Å². The zero-order valence-electron chi connectivity index (χ0n) is 33.4. The lowest BCUT2D eigenvalue weighted by atomic mass is 9.85. The van der Waals surface area contributed by atoms with Gasteiger partial charge in [0.25, 0.3) is 0 Å². The van der Waals surface area contributed by atoms with E-state index in [1.807, 2.05) is 115 Å². The summed E-state index contributed by atoms with van der Waals surface area (Å²) in [4.78, 5) is 72.4. The zero-order valence-corrected chi connectivity index (χ0v) is 33.4. The molecule has 3 aromatic carbocycles. The highest BCUT2D eigenvalue weighted by atomic mass is 16.5. The number of benzene rings is 3. The second-order valence-electron chi connectivity index (χ2n) is 16.0. The molecule has 57 heavy (non-hydrogen) atoms. The highest BCUT2D eigenvalue weighted by Crippen LogP contribution is 2.33. The summed E-state index contributed by atoms with van der Waals surface area (Å²) in [5.41, 5.74) is 14.8. The van der Waals surface area contributed by atoms with Crippen molar-refractivity contribution in [1.29, 1.82) is 0 Å². The molecule has 3 heterocycles. The highest BCUT2D eigenvalue weighted by molar-refractivity contribution is 5.95. The van der Waals surface area contributed by atoms with Crippen molar-refractivity contribution in [2.75, 3.05) is 26.2 Å². The summed E-state index contributed by atoms with van der Waals surface area (Å²) < 4.78 is 5.50. The Morgan fingerprint density at radius 2 is 1.32 bits per heavy atom. The zero-order chi connectivity index (χ0) is 40.7. The molecule has 0 saturated carbocycles. The topological polar surface area (TPSA) is 177 Å². The lowest BCUT2D eigenvalue weighted by Crippen LogP contribution is -2.72. The molecule has 12 nitrogen and oxygen atoms in total. The van der Waals surface area contributed by atoms with E-state index in [1.165, 1.54) is 0 Å². The number of nitrogens with zero attached hydrogens (tertiary/aromatic N) is 2. The van der Waals surface area contributed by atoms with Gasteiger partial charge in [-0.2, -0.15) is 0 Å². The fourth-order valence-corrected chi connectivity index (χ4v) is 7.94.